The zero-order valence-corrected chi connectivity index (χ0v) is 25.5. The number of rotatable bonds is 12. The number of ether oxygens (including phenoxy) is 1. The Morgan fingerprint density at radius 2 is 1.50 bits per heavy atom. The third-order valence-corrected chi connectivity index (χ3v) is 7.11. The summed E-state index contributed by atoms with van der Waals surface area (Å²) in [7, 11) is 4.12. The lowest BCUT2D eigenvalue weighted by atomic mass is 9.85. The second-order valence-corrected chi connectivity index (χ2v) is 10.0. The molecule has 228 valence electrons. The number of ketones is 1. The first kappa shape index (κ1) is 31.6. The van der Waals surface area contributed by atoms with Gasteiger partial charge in [0.05, 0.1) is 7.11 Å². The van der Waals surface area contributed by atoms with E-state index in [0.717, 1.165) is 16.7 Å². The van der Waals surface area contributed by atoms with E-state index in [4.69, 9.17) is 23.8 Å². The van der Waals surface area contributed by atoms with Gasteiger partial charge in [-0.3, -0.25) is 4.79 Å². The highest BCUT2D eigenvalue weighted by atomic mass is 16.6. The van der Waals surface area contributed by atoms with E-state index in [2.05, 4.69) is 20.6 Å². The van der Waals surface area contributed by atoms with Crippen molar-refractivity contribution in [3.8, 4) is 11.3 Å². The van der Waals surface area contributed by atoms with Crippen molar-refractivity contribution in [2.24, 2.45) is 15.5 Å². The molecule has 0 N–H and O–H groups in total. The summed E-state index contributed by atoms with van der Waals surface area (Å²) in [6.45, 7) is 5.92. The Hall–Kier alpha value is -5.32. The molecule has 44 heavy (non-hydrogen) atoms. The fourth-order valence-electron chi connectivity index (χ4n) is 4.63. The predicted octanol–water partition coefficient (Wildman–Crippen LogP) is 5.92. The Morgan fingerprint density at radius 1 is 0.841 bits per heavy atom. The highest BCUT2D eigenvalue weighted by Gasteiger charge is 2.26. The molecule has 1 aliphatic rings. The molecule has 0 fully saturated rings. The van der Waals surface area contributed by atoms with E-state index in [1.54, 1.807) is 37.3 Å². The Kier molecular flexibility index (Phi) is 10.6. The van der Waals surface area contributed by atoms with E-state index in [1.807, 2.05) is 44.2 Å². The van der Waals surface area contributed by atoms with Gasteiger partial charge in [-0.1, -0.05) is 86.4 Å². The summed E-state index contributed by atoms with van der Waals surface area (Å²) in [5, 5.41) is 16.3. The van der Waals surface area contributed by atoms with Crippen molar-refractivity contribution in [1.82, 2.24) is 5.16 Å². The molecule has 0 saturated carbocycles. The van der Waals surface area contributed by atoms with Crippen LogP contribution in [0.2, 0.25) is 0 Å². The molecule has 0 amide bonds. The zero-order valence-electron chi connectivity index (χ0n) is 25.5. The number of methoxy groups -OCH3 is 1. The van der Waals surface area contributed by atoms with Crippen molar-refractivity contribution in [1.29, 1.82) is 0 Å². The summed E-state index contributed by atoms with van der Waals surface area (Å²) in [5.41, 5.74) is 7.08. The number of carbonyl (C=O) groups is 2. The third-order valence-electron chi connectivity index (χ3n) is 7.11. The first-order valence-electron chi connectivity index (χ1n) is 13.8. The van der Waals surface area contributed by atoms with E-state index in [9.17, 15) is 9.59 Å². The summed E-state index contributed by atoms with van der Waals surface area (Å²) in [5.74, 6) is -0.355. The first-order chi connectivity index (χ1) is 21.3. The van der Waals surface area contributed by atoms with Gasteiger partial charge >= 0.3 is 5.97 Å². The van der Waals surface area contributed by atoms with Gasteiger partial charge in [-0.15, -0.1) is 0 Å². The van der Waals surface area contributed by atoms with Crippen molar-refractivity contribution in [3.05, 3.63) is 99.8 Å². The summed E-state index contributed by atoms with van der Waals surface area (Å²) in [6.07, 6.45) is 1.11. The van der Waals surface area contributed by atoms with Crippen LogP contribution in [0.25, 0.3) is 11.3 Å². The van der Waals surface area contributed by atoms with E-state index in [1.165, 1.54) is 26.9 Å². The van der Waals surface area contributed by atoms with Gasteiger partial charge in [-0.05, 0) is 44.8 Å². The van der Waals surface area contributed by atoms with Gasteiger partial charge in [0, 0.05) is 22.8 Å². The Balaban J connectivity index is 1.51. The first-order valence-corrected chi connectivity index (χ1v) is 13.8. The van der Waals surface area contributed by atoms with Gasteiger partial charge in [-0.2, -0.15) is 0 Å². The molecule has 0 saturated heterocycles. The van der Waals surface area contributed by atoms with Crippen molar-refractivity contribution >= 4 is 28.9 Å². The van der Waals surface area contributed by atoms with Crippen LogP contribution in [0.5, 0.6) is 0 Å². The van der Waals surface area contributed by atoms with Crippen molar-refractivity contribution in [2.75, 3.05) is 27.9 Å². The highest BCUT2D eigenvalue weighted by Crippen LogP contribution is 2.31. The molecule has 0 bridgehead atoms. The Bertz CT molecular complexity index is 1660. The normalized spacial score (nSPS) is 14.5. The largest absolute Gasteiger partial charge is 0.464 e. The van der Waals surface area contributed by atoms with E-state index in [0.29, 0.717) is 46.7 Å². The lowest BCUT2D eigenvalue weighted by Crippen LogP contribution is -2.23. The SMILES string of the molecule is CON=C(C(=O)OC)C1=C(CON=C(C)C(=NOC)c2ccc(-c3cc(C(=O)c4ccccc4)no3)cc2)CC(C)=C(C)C1. The number of nitrogens with zero attached hydrogens (tertiary/aromatic N) is 4. The summed E-state index contributed by atoms with van der Waals surface area (Å²) in [6, 6.07) is 17.8. The lowest BCUT2D eigenvalue weighted by Gasteiger charge is -2.22. The Labute approximate surface area is 255 Å². The van der Waals surface area contributed by atoms with Gasteiger partial charge in [0.15, 0.2) is 17.2 Å². The molecule has 0 aliphatic heterocycles. The van der Waals surface area contributed by atoms with Crippen molar-refractivity contribution < 1.29 is 33.4 Å². The second kappa shape index (κ2) is 14.7. The van der Waals surface area contributed by atoms with Crippen LogP contribution in [0.15, 0.2) is 103 Å². The van der Waals surface area contributed by atoms with E-state index in [-0.39, 0.29) is 23.8 Å². The van der Waals surface area contributed by atoms with Crippen molar-refractivity contribution in [2.45, 2.75) is 33.6 Å². The predicted molar refractivity (Wildman–Crippen MR) is 166 cm³/mol. The molecule has 0 atom stereocenters. The molecule has 1 heterocycles. The van der Waals surface area contributed by atoms with E-state index < -0.39 is 5.97 Å². The standard InChI is InChI=1S/C33H34N4O7/c1-20-16-26(27(17-21(20)2)31(37-42-6)33(39)40-4)19-43-34-22(3)30(36-41-5)24-14-12-23(13-15-24)29-18-28(35-44-29)32(38)25-10-8-7-9-11-25/h7-15,18H,16-17,19H2,1-6H3. The number of esters is 1. The lowest BCUT2D eigenvalue weighted by molar-refractivity contribution is -0.132. The average molecular weight is 599 g/mol. The van der Waals surface area contributed by atoms with Gasteiger partial charge in [0.2, 0.25) is 5.78 Å². The van der Waals surface area contributed by atoms with Gasteiger partial charge in [0.1, 0.15) is 32.2 Å². The molecular weight excluding hydrogens is 564 g/mol. The maximum absolute atomic E-state index is 12.7. The number of aromatic nitrogens is 1. The molecule has 1 aliphatic carbocycles. The fourth-order valence-corrected chi connectivity index (χ4v) is 4.63. The molecule has 0 unspecified atom stereocenters. The van der Waals surface area contributed by atoms with Crippen LogP contribution in [0.3, 0.4) is 0 Å². The monoisotopic (exact) mass is 598 g/mol. The molecule has 3 aromatic rings. The number of carbonyl (C=O) groups excluding carboxylic acids is 2. The molecule has 0 spiro atoms. The molecule has 11 nitrogen and oxygen atoms in total. The molecule has 11 heteroatoms. The maximum Gasteiger partial charge on any atom is 0.360 e. The van der Waals surface area contributed by atoms with Crippen LogP contribution in [0, 0.1) is 0 Å². The van der Waals surface area contributed by atoms with E-state index >= 15 is 0 Å². The number of hydrogen-bond donors (Lipinski definition) is 0. The minimum absolute atomic E-state index is 0.103. The summed E-state index contributed by atoms with van der Waals surface area (Å²) in [4.78, 5) is 40.9. The molecule has 2 aromatic carbocycles. The smallest absolute Gasteiger partial charge is 0.360 e. The number of benzene rings is 2. The minimum Gasteiger partial charge on any atom is -0.464 e. The number of oxime groups is 3. The molecule has 1 aromatic heterocycles. The highest BCUT2D eigenvalue weighted by molar-refractivity contribution is 6.47. The second-order valence-electron chi connectivity index (χ2n) is 10.0. The Morgan fingerprint density at radius 3 is 2.16 bits per heavy atom. The number of allylic oxidation sites excluding steroid dienone is 2. The minimum atomic E-state index is -0.589. The third kappa shape index (κ3) is 7.35. The molecule has 0 radical (unpaired) electrons. The van der Waals surface area contributed by atoms with Crippen LogP contribution >= 0.6 is 0 Å². The van der Waals surface area contributed by atoms with Gasteiger partial charge in [-0.25, -0.2) is 4.79 Å². The summed E-state index contributed by atoms with van der Waals surface area (Å²) >= 11 is 0. The topological polar surface area (TPSA) is 134 Å². The maximum atomic E-state index is 12.7. The average Bonchev–Trinajstić information content (AvgIpc) is 3.54. The zero-order chi connectivity index (χ0) is 31.6. The van der Waals surface area contributed by atoms with Crippen LogP contribution in [0.4, 0.5) is 0 Å². The number of hydrogen-bond acceptors (Lipinski definition) is 11. The van der Waals surface area contributed by atoms with Crippen LogP contribution < -0.4 is 0 Å². The summed E-state index contributed by atoms with van der Waals surface area (Å²) < 4.78 is 10.4. The molecule has 4 rings (SSSR count). The van der Waals surface area contributed by atoms with Gasteiger partial charge in [0.25, 0.3) is 0 Å². The van der Waals surface area contributed by atoms with Crippen LogP contribution in [-0.2, 0) is 24.0 Å². The quantitative estimate of drug-likeness (QED) is 0.0825. The van der Waals surface area contributed by atoms with Crippen LogP contribution in [-0.4, -0.2) is 62.0 Å². The van der Waals surface area contributed by atoms with Crippen LogP contribution in [0.1, 0.15) is 55.2 Å². The van der Waals surface area contributed by atoms with Crippen molar-refractivity contribution in [3.63, 3.8) is 0 Å². The fraction of sp³-hybridized carbons (Fsp3) is 0.273. The van der Waals surface area contributed by atoms with Gasteiger partial charge < -0.3 is 23.8 Å². The molecular formula is C33H34N4O7.